The second kappa shape index (κ2) is 7.73. The van der Waals surface area contributed by atoms with Crippen LogP contribution in [0, 0.1) is 5.92 Å². The zero-order valence-electron chi connectivity index (χ0n) is 15.9. The van der Waals surface area contributed by atoms with E-state index in [1.54, 1.807) is 23.0 Å². The molecule has 1 aliphatic heterocycles. The summed E-state index contributed by atoms with van der Waals surface area (Å²) in [6, 6.07) is 0. The molecule has 0 radical (unpaired) electrons. The maximum absolute atomic E-state index is 12.7. The summed E-state index contributed by atoms with van der Waals surface area (Å²) < 4.78 is 3.15. The zero-order valence-corrected chi connectivity index (χ0v) is 16.8. The summed E-state index contributed by atoms with van der Waals surface area (Å²) in [6.07, 6.45) is 2.66. The molecule has 0 spiro atoms. The number of thiazole rings is 1. The minimum Gasteiger partial charge on any atom is -0.337 e. The third-order valence-electron chi connectivity index (χ3n) is 5.01. The van der Waals surface area contributed by atoms with E-state index >= 15 is 0 Å². The summed E-state index contributed by atoms with van der Waals surface area (Å²) in [5.41, 5.74) is 0.515. The summed E-state index contributed by atoms with van der Waals surface area (Å²) in [7, 11) is 1.69. The first-order chi connectivity index (χ1) is 12.4. The van der Waals surface area contributed by atoms with E-state index in [2.05, 4.69) is 23.9 Å². The number of likely N-dealkylation sites (tertiary alicyclic amines) is 1. The molecule has 1 fully saturated rings. The molecule has 0 atom stereocenters. The van der Waals surface area contributed by atoms with Crippen molar-refractivity contribution in [1.29, 1.82) is 0 Å². The topological polar surface area (TPSA) is 73.0 Å². The van der Waals surface area contributed by atoms with Crippen LogP contribution in [0.4, 0.5) is 0 Å². The van der Waals surface area contributed by atoms with E-state index in [-0.39, 0.29) is 11.6 Å². The van der Waals surface area contributed by atoms with Gasteiger partial charge in [-0.3, -0.25) is 9.36 Å². The van der Waals surface area contributed by atoms with Crippen LogP contribution in [0.25, 0.3) is 0 Å². The van der Waals surface area contributed by atoms with Crippen LogP contribution in [0.5, 0.6) is 0 Å². The Bertz CT molecular complexity index is 827. The predicted octanol–water partition coefficient (Wildman–Crippen LogP) is 2.28. The zero-order chi connectivity index (χ0) is 18.8. The summed E-state index contributed by atoms with van der Waals surface area (Å²) in [5.74, 6) is 1.69. The largest absolute Gasteiger partial charge is 0.345 e. The Morgan fingerprint density at radius 2 is 2.04 bits per heavy atom. The SMILES string of the molecule is CCn1c(CC2CCN(C(=O)c3csc(C(C)C)n3)CC2)nn(C)c1=O. The van der Waals surface area contributed by atoms with Crippen molar-refractivity contribution in [3.63, 3.8) is 0 Å². The van der Waals surface area contributed by atoms with Gasteiger partial charge in [0.2, 0.25) is 0 Å². The molecule has 0 aromatic carbocycles. The highest BCUT2D eigenvalue weighted by Gasteiger charge is 2.26. The smallest absolute Gasteiger partial charge is 0.337 e. The molecule has 2 aromatic heterocycles. The molecule has 0 N–H and O–H groups in total. The van der Waals surface area contributed by atoms with Crippen molar-refractivity contribution in [2.45, 2.75) is 52.5 Å². The second-order valence-corrected chi connectivity index (χ2v) is 8.12. The van der Waals surface area contributed by atoms with Gasteiger partial charge in [-0.05, 0) is 25.7 Å². The normalized spacial score (nSPS) is 15.8. The number of piperidine rings is 1. The van der Waals surface area contributed by atoms with Crippen LogP contribution < -0.4 is 5.69 Å². The maximum atomic E-state index is 12.7. The second-order valence-electron chi connectivity index (χ2n) is 7.23. The van der Waals surface area contributed by atoms with Crippen LogP contribution in [-0.2, 0) is 20.0 Å². The van der Waals surface area contributed by atoms with E-state index < -0.39 is 0 Å². The molecule has 1 amide bonds. The van der Waals surface area contributed by atoms with Gasteiger partial charge in [-0.25, -0.2) is 14.5 Å². The van der Waals surface area contributed by atoms with E-state index in [9.17, 15) is 9.59 Å². The molecule has 2 aromatic rings. The Morgan fingerprint density at radius 1 is 1.35 bits per heavy atom. The average Bonchev–Trinajstić information content (AvgIpc) is 3.21. The fourth-order valence-corrected chi connectivity index (χ4v) is 4.24. The first-order valence-electron chi connectivity index (χ1n) is 9.28. The number of carbonyl (C=O) groups excluding carboxylic acids is 1. The fraction of sp³-hybridized carbons (Fsp3) is 0.667. The van der Waals surface area contributed by atoms with Gasteiger partial charge in [0.15, 0.2) is 0 Å². The molecule has 0 aliphatic carbocycles. The molecular weight excluding hydrogens is 350 g/mol. The highest BCUT2D eigenvalue weighted by Crippen LogP contribution is 2.24. The number of nitrogens with zero attached hydrogens (tertiary/aromatic N) is 5. The molecule has 3 rings (SSSR count). The minimum absolute atomic E-state index is 0.0369. The summed E-state index contributed by atoms with van der Waals surface area (Å²) in [4.78, 5) is 31.1. The van der Waals surface area contributed by atoms with Crippen LogP contribution >= 0.6 is 11.3 Å². The van der Waals surface area contributed by atoms with Crippen molar-refractivity contribution >= 4 is 17.2 Å². The standard InChI is InChI=1S/C18H27N5O2S/c1-5-23-15(20-21(4)18(23)25)10-13-6-8-22(9-7-13)17(24)14-11-26-16(19-14)12(2)3/h11-13H,5-10H2,1-4H3. The van der Waals surface area contributed by atoms with Crippen molar-refractivity contribution in [2.75, 3.05) is 13.1 Å². The van der Waals surface area contributed by atoms with Crippen LogP contribution in [0.1, 0.15) is 60.9 Å². The monoisotopic (exact) mass is 377 g/mol. The van der Waals surface area contributed by atoms with Crippen molar-refractivity contribution < 1.29 is 4.79 Å². The van der Waals surface area contributed by atoms with Crippen molar-refractivity contribution in [2.24, 2.45) is 13.0 Å². The van der Waals surface area contributed by atoms with E-state index in [1.165, 1.54) is 4.68 Å². The van der Waals surface area contributed by atoms with Crippen molar-refractivity contribution in [1.82, 2.24) is 24.2 Å². The first kappa shape index (κ1) is 18.8. The number of carbonyl (C=O) groups is 1. The lowest BCUT2D eigenvalue weighted by Gasteiger charge is -2.31. The Kier molecular flexibility index (Phi) is 5.60. The quantitative estimate of drug-likeness (QED) is 0.801. The van der Waals surface area contributed by atoms with Gasteiger partial charge in [-0.2, -0.15) is 5.10 Å². The predicted molar refractivity (Wildman–Crippen MR) is 102 cm³/mol. The molecule has 3 heterocycles. The fourth-order valence-electron chi connectivity index (χ4n) is 3.44. The minimum atomic E-state index is -0.0559. The summed E-state index contributed by atoms with van der Waals surface area (Å²) in [6.45, 7) is 8.26. The Balaban J connectivity index is 1.59. The maximum Gasteiger partial charge on any atom is 0.345 e. The molecule has 7 nitrogen and oxygen atoms in total. The van der Waals surface area contributed by atoms with Gasteiger partial charge in [0.1, 0.15) is 11.5 Å². The lowest BCUT2D eigenvalue weighted by atomic mass is 9.93. The Hall–Kier alpha value is -1.96. The van der Waals surface area contributed by atoms with Crippen LogP contribution in [0.2, 0.25) is 0 Å². The Labute approximate surface area is 157 Å². The number of aryl methyl sites for hydroxylation is 1. The van der Waals surface area contributed by atoms with E-state index in [0.717, 1.165) is 43.2 Å². The molecule has 1 saturated heterocycles. The summed E-state index contributed by atoms with van der Waals surface area (Å²) >= 11 is 1.56. The van der Waals surface area contributed by atoms with Crippen molar-refractivity contribution in [3.05, 3.63) is 32.4 Å². The molecule has 0 unspecified atom stereocenters. The lowest BCUT2D eigenvalue weighted by molar-refractivity contribution is 0.0684. The highest BCUT2D eigenvalue weighted by atomic mass is 32.1. The lowest BCUT2D eigenvalue weighted by Crippen LogP contribution is -2.39. The van der Waals surface area contributed by atoms with Gasteiger partial charge in [0.25, 0.3) is 5.91 Å². The molecule has 1 aliphatic rings. The third-order valence-corrected chi connectivity index (χ3v) is 6.15. The van der Waals surface area contributed by atoms with Crippen molar-refractivity contribution in [3.8, 4) is 0 Å². The number of rotatable bonds is 5. The number of hydrogen-bond donors (Lipinski definition) is 0. The van der Waals surface area contributed by atoms with Gasteiger partial charge < -0.3 is 4.90 Å². The van der Waals surface area contributed by atoms with Gasteiger partial charge in [-0.15, -0.1) is 11.3 Å². The summed E-state index contributed by atoms with van der Waals surface area (Å²) in [5, 5.41) is 7.26. The van der Waals surface area contributed by atoms with Crippen LogP contribution in [-0.4, -0.2) is 43.2 Å². The number of hydrogen-bond acceptors (Lipinski definition) is 5. The van der Waals surface area contributed by atoms with E-state index in [0.29, 0.717) is 24.1 Å². The molecule has 0 bridgehead atoms. The average molecular weight is 378 g/mol. The first-order valence-corrected chi connectivity index (χ1v) is 10.2. The van der Waals surface area contributed by atoms with Gasteiger partial charge in [-0.1, -0.05) is 13.8 Å². The van der Waals surface area contributed by atoms with Gasteiger partial charge in [0, 0.05) is 44.4 Å². The van der Waals surface area contributed by atoms with Gasteiger partial charge in [0.05, 0.1) is 5.01 Å². The number of amides is 1. The highest BCUT2D eigenvalue weighted by molar-refractivity contribution is 7.09. The van der Waals surface area contributed by atoms with E-state index in [4.69, 9.17) is 0 Å². The Morgan fingerprint density at radius 3 is 2.62 bits per heavy atom. The molecule has 142 valence electrons. The molecule has 8 heteroatoms. The van der Waals surface area contributed by atoms with Gasteiger partial charge >= 0.3 is 5.69 Å². The van der Waals surface area contributed by atoms with Crippen LogP contribution in [0.15, 0.2) is 10.2 Å². The number of aromatic nitrogens is 4. The van der Waals surface area contributed by atoms with E-state index in [1.807, 2.05) is 17.2 Å². The molecular formula is C18H27N5O2S. The van der Waals surface area contributed by atoms with Crippen LogP contribution in [0.3, 0.4) is 0 Å². The molecule has 0 saturated carbocycles. The third kappa shape index (κ3) is 3.75. The molecule has 26 heavy (non-hydrogen) atoms.